The molecule has 0 unspecified atom stereocenters. The van der Waals surface area contributed by atoms with Gasteiger partial charge in [-0.25, -0.2) is 22.1 Å². The Bertz CT molecular complexity index is 1160. The number of nitrogens with zero attached hydrogens (tertiary/aromatic N) is 2. The van der Waals surface area contributed by atoms with E-state index >= 15 is 0 Å². The van der Waals surface area contributed by atoms with E-state index in [0.717, 1.165) is 4.31 Å². The average Bonchev–Trinajstić information content (AvgIpc) is 3.11. The Labute approximate surface area is 173 Å². The zero-order chi connectivity index (χ0) is 21.2. The third-order valence-corrected chi connectivity index (χ3v) is 7.09. The Morgan fingerprint density at radius 2 is 1.97 bits per heavy atom. The number of nitrogens with one attached hydrogen (secondary N) is 1. The lowest BCUT2D eigenvalue weighted by atomic mass is 10.2. The van der Waals surface area contributed by atoms with E-state index < -0.39 is 10.0 Å². The van der Waals surface area contributed by atoms with Crippen LogP contribution in [0.4, 0.5) is 10.1 Å². The number of rotatable bonds is 6. The first-order valence-electron chi connectivity index (χ1n) is 8.70. The molecule has 0 aliphatic carbocycles. The molecule has 0 fully saturated rings. The molecule has 29 heavy (non-hydrogen) atoms. The molecule has 1 N–H and O–H groups in total. The minimum Gasteiger partial charge on any atom is -0.326 e. The second kappa shape index (κ2) is 8.40. The van der Waals surface area contributed by atoms with Crippen molar-refractivity contribution in [3.63, 3.8) is 0 Å². The van der Waals surface area contributed by atoms with Crippen LogP contribution in [0.3, 0.4) is 0 Å². The van der Waals surface area contributed by atoms with Crippen molar-refractivity contribution < 1.29 is 17.6 Å². The molecule has 0 aliphatic rings. The van der Waals surface area contributed by atoms with Gasteiger partial charge in [-0.3, -0.25) is 4.79 Å². The fourth-order valence-corrected chi connectivity index (χ4v) is 4.63. The van der Waals surface area contributed by atoms with E-state index in [2.05, 4.69) is 10.3 Å². The summed E-state index contributed by atoms with van der Waals surface area (Å²) in [6.45, 7) is 1.70. The van der Waals surface area contributed by atoms with E-state index in [-0.39, 0.29) is 23.0 Å². The molecule has 2 aromatic carbocycles. The van der Waals surface area contributed by atoms with Gasteiger partial charge < -0.3 is 5.32 Å². The summed E-state index contributed by atoms with van der Waals surface area (Å²) in [7, 11) is -0.701. The molecular formula is C20H20FN3O3S2. The molecule has 1 heterocycles. The first kappa shape index (κ1) is 21.1. The first-order valence-corrected chi connectivity index (χ1v) is 11.0. The summed E-state index contributed by atoms with van der Waals surface area (Å²) in [4.78, 5) is 16.9. The number of hydrogen-bond acceptors (Lipinski definition) is 5. The highest BCUT2D eigenvalue weighted by atomic mass is 32.2. The molecule has 0 bridgehead atoms. The van der Waals surface area contributed by atoms with Crippen LogP contribution in [-0.2, 0) is 21.2 Å². The number of halogens is 1. The first-order chi connectivity index (χ1) is 13.7. The minimum absolute atomic E-state index is 0.0233. The number of aryl methyl sites for hydroxylation is 1. The van der Waals surface area contributed by atoms with Gasteiger partial charge in [0.1, 0.15) is 10.8 Å². The Hall–Kier alpha value is -2.62. The maximum atomic E-state index is 13.4. The van der Waals surface area contributed by atoms with Crippen LogP contribution in [0.2, 0.25) is 0 Å². The number of benzene rings is 2. The van der Waals surface area contributed by atoms with Gasteiger partial charge in [0.05, 0.1) is 17.0 Å². The smallest absolute Gasteiger partial charge is 0.242 e. The quantitative estimate of drug-likeness (QED) is 0.643. The van der Waals surface area contributed by atoms with Crippen LogP contribution in [-0.4, -0.2) is 37.7 Å². The van der Waals surface area contributed by atoms with Crippen LogP contribution < -0.4 is 5.32 Å². The Kier molecular flexibility index (Phi) is 6.11. The van der Waals surface area contributed by atoms with Crippen LogP contribution in [0, 0.1) is 12.7 Å². The fraction of sp³-hybridized carbons (Fsp3) is 0.200. The van der Waals surface area contributed by atoms with Crippen LogP contribution in [0.25, 0.3) is 10.6 Å². The summed E-state index contributed by atoms with van der Waals surface area (Å²) in [5.74, 6) is -0.669. The molecule has 0 saturated carbocycles. The molecule has 1 amide bonds. The molecule has 6 nitrogen and oxygen atoms in total. The van der Waals surface area contributed by atoms with Gasteiger partial charge in [-0.05, 0) is 36.8 Å². The van der Waals surface area contributed by atoms with Crippen LogP contribution >= 0.6 is 11.3 Å². The summed E-state index contributed by atoms with van der Waals surface area (Å²) >= 11 is 1.33. The minimum atomic E-state index is -3.61. The zero-order valence-corrected chi connectivity index (χ0v) is 17.8. The number of sulfonamides is 1. The molecule has 0 atom stereocenters. The summed E-state index contributed by atoms with van der Waals surface area (Å²) in [5, 5.41) is 5.08. The van der Waals surface area contributed by atoms with Crippen molar-refractivity contribution in [1.82, 2.24) is 9.29 Å². The van der Waals surface area contributed by atoms with E-state index in [0.29, 0.717) is 27.5 Å². The van der Waals surface area contributed by atoms with Crippen molar-refractivity contribution in [2.75, 3.05) is 19.4 Å². The normalized spacial score (nSPS) is 11.6. The number of anilines is 1. The number of amides is 1. The molecular weight excluding hydrogens is 413 g/mol. The van der Waals surface area contributed by atoms with Gasteiger partial charge in [0.2, 0.25) is 15.9 Å². The van der Waals surface area contributed by atoms with E-state index in [9.17, 15) is 17.6 Å². The molecule has 0 radical (unpaired) electrons. The van der Waals surface area contributed by atoms with Crippen molar-refractivity contribution in [2.45, 2.75) is 18.2 Å². The summed E-state index contributed by atoms with van der Waals surface area (Å²) in [5.41, 5.74) is 2.19. The molecule has 0 aliphatic heterocycles. The lowest BCUT2D eigenvalue weighted by molar-refractivity contribution is -0.115. The second-order valence-electron chi connectivity index (χ2n) is 6.65. The van der Waals surface area contributed by atoms with Gasteiger partial charge in [-0.15, -0.1) is 11.3 Å². The Balaban J connectivity index is 1.74. The Morgan fingerprint density at radius 3 is 2.66 bits per heavy atom. The molecule has 9 heteroatoms. The van der Waals surface area contributed by atoms with Crippen molar-refractivity contribution in [1.29, 1.82) is 0 Å². The number of thiazole rings is 1. The van der Waals surface area contributed by atoms with Crippen LogP contribution in [0.15, 0.2) is 52.7 Å². The molecule has 3 rings (SSSR count). The largest absolute Gasteiger partial charge is 0.326 e. The van der Waals surface area contributed by atoms with Gasteiger partial charge in [0.25, 0.3) is 0 Å². The van der Waals surface area contributed by atoms with Gasteiger partial charge >= 0.3 is 0 Å². The number of aromatic nitrogens is 1. The van der Waals surface area contributed by atoms with E-state index in [1.165, 1.54) is 43.6 Å². The van der Waals surface area contributed by atoms with Crippen LogP contribution in [0.1, 0.15) is 11.3 Å². The summed E-state index contributed by atoms with van der Waals surface area (Å²) in [6.07, 6.45) is 0.0233. The summed E-state index contributed by atoms with van der Waals surface area (Å²) < 4.78 is 39.3. The second-order valence-corrected chi connectivity index (χ2v) is 9.63. The standard InChI is InChI=1S/C20H20FN3O3S2/c1-13-7-8-16(10-18(13)29(26,27)24(2)3)22-19(25)11-17-12-28-20(23-17)14-5-4-6-15(21)9-14/h4-10,12H,11H2,1-3H3,(H,22,25). The molecule has 1 aromatic heterocycles. The molecule has 0 saturated heterocycles. The maximum absolute atomic E-state index is 13.4. The molecule has 152 valence electrons. The van der Waals surface area contributed by atoms with Crippen molar-refractivity contribution in [2.24, 2.45) is 0 Å². The van der Waals surface area contributed by atoms with Gasteiger partial charge in [-0.2, -0.15) is 0 Å². The number of carbonyl (C=O) groups excluding carboxylic acids is 1. The van der Waals surface area contributed by atoms with Gasteiger partial charge in [0.15, 0.2) is 0 Å². The summed E-state index contributed by atoms with van der Waals surface area (Å²) in [6, 6.07) is 10.9. The van der Waals surface area contributed by atoms with Gasteiger partial charge in [-0.1, -0.05) is 18.2 Å². The van der Waals surface area contributed by atoms with Gasteiger partial charge in [0, 0.05) is 30.7 Å². The van der Waals surface area contributed by atoms with Crippen molar-refractivity contribution in [3.05, 3.63) is 64.9 Å². The predicted octanol–water partition coefficient (Wildman–Crippen LogP) is 3.69. The van der Waals surface area contributed by atoms with E-state index in [1.54, 1.807) is 36.6 Å². The third-order valence-electron chi connectivity index (χ3n) is 4.20. The topological polar surface area (TPSA) is 79.4 Å². The van der Waals surface area contributed by atoms with Crippen LogP contribution in [0.5, 0.6) is 0 Å². The average molecular weight is 434 g/mol. The van der Waals surface area contributed by atoms with Crippen molar-refractivity contribution in [3.8, 4) is 10.6 Å². The lowest BCUT2D eigenvalue weighted by Gasteiger charge is -2.15. The molecule has 3 aromatic rings. The highest BCUT2D eigenvalue weighted by Gasteiger charge is 2.20. The third kappa shape index (κ3) is 4.87. The fourth-order valence-electron chi connectivity index (χ4n) is 2.66. The Morgan fingerprint density at radius 1 is 1.21 bits per heavy atom. The van der Waals surface area contributed by atoms with E-state index in [4.69, 9.17) is 0 Å². The SMILES string of the molecule is Cc1ccc(NC(=O)Cc2csc(-c3cccc(F)c3)n2)cc1S(=O)(=O)N(C)C. The zero-order valence-electron chi connectivity index (χ0n) is 16.1. The lowest BCUT2D eigenvalue weighted by Crippen LogP contribution is -2.23. The van der Waals surface area contributed by atoms with E-state index in [1.807, 2.05) is 0 Å². The number of hydrogen-bond donors (Lipinski definition) is 1. The highest BCUT2D eigenvalue weighted by molar-refractivity contribution is 7.89. The highest BCUT2D eigenvalue weighted by Crippen LogP contribution is 2.25. The monoisotopic (exact) mass is 433 g/mol. The predicted molar refractivity (Wildman–Crippen MR) is 112 cm³/mol. The van der Waals surface area contributed by atoms with Crippen molar-refractivity contribution >= 4 is 33.0 Å². The number of carbonyl (C=O) groups is 1. The molecule has 0 spiro atoms. The maximum Gasteiger partial charge on any atom is 0.242 e.